The molecular formula is C11H20N2. The quantitative estimate of drug-likeness (QED) is 0.698. The van der Waals surface area contributed by atoms with Crippen LogP contribution in [0.4, 0.5) is 0 Å². The van der Waals surface area contributed by atoms with Gasteiger partial charge in [-0.1, -0.05) is 20.8 Å². The maximum Gasteiger partial charge on any atom is 0.0524 e. The summed E-state index contributed by atoms with van der Waals surface area (Å²) < 4.78 is 2.02. The van der Waals surface area contributed by atoms with Crippen molar-refractivity contribution in [1.82, 2.24) is 9.78 Å². The Bertz CT molecular complexity index is 261. The van der Waals surface area contributed by atoms with E-state index in [1.54, 1.807) is 0 Å². The molecule has 0 aliphatic rings. The Morgan fingerprint density at radius 3 is 2.15 bits per heavy atom. The van der Waals surface area contributed by atoms with Gasteiger partial charge in [-0.3, -0.25) is 4.68 Å². The van der Waals surface area contributed by atoms with E-state index in [9.17, 15) is 0 Å². The van der Waals surface area contributed by atoms with E-state index in [1.165, 1.54) is 5.56 Å². The van der Waals surface area contributed by atoms with Gasteiger partial charge < -0.3 is 0 Å². The predicted molar refractivity (Wildman–Crippen MR) is 55.9 cm³/mol. The van der Waals surface area contributed by atoms with Gasteiger partial charge in [0.2, 0.25) is 0 Å². The molecule has 1 heterocycles. The summed E-state index contributed by atoms with van der Waals surface area (Å²) in [5, 5.41) is 4.34. The number of hydrogen-bond donors (Lipinski definition) is 0. The zero-order chi connectivity index (χ0) is 10.0. The van der Waals surface area contributed by atoms with Gasteiger partial charge in [0.05, 0.1) is 6.20 Å². The summed E-state index contributed by atoms with van der Waals surface area (Å²) in [4.78, 5) is 0. The van der Waals surface area contributed by atoms with Gasteiger partial charge in [0.15, 0.2) is 0 Å². The highest BCUT2D eigenvalue weighted by molar-refractivity contribution is 5.11. The maximum absolute atomic E-state index is 4.34. The SMILES string of the molecule is CC(C)C(C)c1cnn(C(C)C)c1. The summed E-state index contributed by atoms with van der Waals surface area (Å²) in [5.41, 5.74) is 1.35. The first-order chi connectivity index (χ1) is 6.02. The van der Waals surface area contributed by atoms with Crippen molar-refractivity contribution in [2.24, 2.45) is 5.92 Å². The summed E-state index contributed by atoms with van der Waals surface area (Å²) in [6, 6.07) is 0.466. The topological polar surface area (TPSA) is 17.8 Å². The number of nitrogens with zero attached hydrogens (tertiary/aromatic N) is 2. The van der Waals surface area contributed by atoms with E-state index >= 15 is 0 Å². The second-order valence-corrected chi connectivity index (χ2v) is 4.38. The fraction of sp³-hybridized carbons (Fsp3) is 0.727. The number of aromatic nitrogens is 2. The van der Waals surface area contributed by atoms with Crippen LogP contribution in [0, 0.1) is 5.92 Å². The summed E-state index contributed by atoms with van der Waals surface area (Å²) in [5.74, 6) is 1.29. The summed E-state index contributed by atoms with van der Waals surface area (Å²) in [6.07, 6.45) is 4.15. The Morgan fingerprint density at radius 2 is 1.77 bits per heavy atom. The molecule has 0 bridgehead atoms. The van der Waals surface area contributed by atoms with Gasteiger partial charge in [-0.15, -0.1) is 0 Å². The second-order valence-electron chi connectivity index (χ2n) is 4.38. The van der Waals surface area contributed by atoms with E-state index in [0.29, 0.717) is 17.9 Å². The molecule has 0 saturated heterocycles. The molecule has 0 radical (unpaired) electrons. The first kappa shape index (κ1) is 10.3. The molecule has 1 aromatic rings. The molecule has 0 saturated carbocycles. The molecule has 1 atom stereocenters. The molecule has 0 N–H and O–H groups in total. The first-order valence-electron chi connectivity index (χ1n) is 5.06. The molecule has 0 spiro atoms. The zero-order valence-corrected chi connectivity index (χ0v) is 9.28. The van der Waals surface area contributed by atoms with E-state index in [-0.39, 0.29) is 0 Å². The minimum atomic E-state index is 0.466. The zero-order valence-electron chi connectivity index (χ0n) is 9.28. The fourth-order valence-electron chi connectivity index (χ4n) is 1.26. The molecule has 1 unspecified atom stereocenters. The molecule has 74 valence electrons. The Kier molecular flexibility index (Phi) is 3.12. The predicted octanol–water partition coefficient (Wildman–Crippen LogP) is 3.22. The minimum absolute atomic E-state index is 0.466. The Labute approximate surface area is 81.0 Å². The van der Waals surface area contributed by atoms with Crippen LogP contribution in [-0.4, -0.2) is 9.78 Å². The van der Waals surface area contributed by atoms with Crippen LogP contribution in [-0.2, 0) is 0 Å². The van der Waals surface area contributed by atoms with Crippen molar-refractivity contribution >= 4 is 0 Å². The molecule has 13 heavy (non-hydrogen) atoms. The average Bonchev–Trinajstić information content (AvgIpc) is 2.50. The summed E-state index contributed by atoms with van der Waals surface area (Å²) in [6.45, 7) is 11.1. The van der Waals surface area contributed by atoms with E-state index in [1.807, 2.05) is 10.9 Å². The highest BCUT2D eigenvalue weighted by atomic mass is 15.3. The van der Waals surface area contributed by atoms with Crippen LogP contribution in [0.25, 0.3) is 0 Å². The second kappa shape index (κ2) is 3.95. The van der Waals surface area contributed by atoms with E-state index in [4.69, 9.17) is 0 Å². The number of rotatable bonds is 3. The standard InChI is InChI=1S/C11H20N2/c1-8(2)10(5)11-6-12-13(7-11)9(3)4/h6-10H,1-5H3. The van der Waals surface area contributed by atoms with Gasteiger partial charge >= 0.3 is 0 Å². The lowest BCUT2D eigenvalue weighted by Crippen LogP contribution is -2.02. The lowest BCUT2D eigenvalue weighted by Gasteiger charge is -2.12. The van der Waals surface area contributed by atoms with Gasteiger partial charge in [-0.2, -0.15) is 5.10 Å². The molecule has 2 heteroatoms. The average molecular weight is 180 g/mol. The minimum Gasteiger partial charge on any atom is -0.270 e. The third-order valence-corrected chi connectivity index (χ3v) is 2.68. The molecule has 1 rings (SSSR count). The van der Waals surface area contributed by atoms with Crippen LogP contribution < -0.4 is 0 Å². The molecule has 0 aliphatic heterocycles. The Hall–Kier alpha value is -0.790. The van der Waals surface area contributed by atoms with Crippen LogP contribution in [0.2, 0.25) is 0 Å². The van der Waals surface area contributed by atoms with Crippen molar-refractivity contribution in [3.63, 3.8) is 0 Å². The van der Waals surface area contributed by atoms with Gasteiger partial charge in [-0.25, -0.2) is 0 Å². The number of hydrogen-bond acceptors (Lipinski definition) is 1. The van der Waals surface area contributed by atoms with Crippen LogP contribution in [0.15, 0.2) is 12.4 Å². The monoisotopic (exact) mass is 180 g/mol. The van der Waals surface area contributed by atoms with Gasteiger partial charge in [0.1, 0.15) is 0 Å². The van der Waals surface area contributed by atoms with Gasteiger partial charge in [-0.05, 0) is 31.2 Å². The van der Waals surface area contributed by atoms with Crippen molar-refractivity contribution < 1.29 is 0 Å². The van der Waals surface area contributed by atoms with E-state index in [0.717, 1.165) is 0 Å². The summed E-state index contributed by atoms with van der Waals surface area (Å²) >= 11 is 0. The highest BCUT2D eigenvalue weighted by Gasteiger charge is 2.12. The molecule has 0 fully saturated rings. The lowest BCUT2D eigenvalue weighted by atomic mass is 9.93. The van der Waals surface area contributed by atoms with Crippen molar-refractivity contribution in [2.45, 2.75) is 46.6 Å². The van der Waals surface area contributed by atoms with Crippen molar-refractivity contribution in [2.75, 3.05) is 0 Å². The smallest absolute Gasteiger partial charge is 0.0524 e. The molecular weight excluding hydrogens is 160 g/mol. The molecule has 0 amide bonds. The summed E-state index contributed by atoms with van der Waals surface area (Å²) in [7, 11) is 0. The first-order valence-corrected chi connectivity index (χ1v) is 5.06. The normalized spacial score (nSPS) is 14.1. The molecule has 0 aliphatic carbocycles. The third kappa shape index (κ3) is 2.33. The van der Waals surface area contributed by atoms with Gasteiger partial charge in [0, 0.05) is 12.2 Å². The van der Waals surface area contributed by atoms with Crippen LogP contribution in [0.3, 0.4) is 0 Å². The Morgan fingerprint density at radius 1 is 1.15 bits per heavy atom. The van der Waals surface area contributed by atoms with Crippen molar-refractivity contribution in [3.05, 3.63) is 18.0 Å². The lowest BCUT2D eigenvalue weighted by molar-refractivity contribution is 0.520. The van der Waals surface area contributed by atoms with Gasteiger partial charge in [0.25, 0.3) is 0 Å². The molecule has 1 aromatic heterocycles. The van der Waals surface area contributed by atoms with Crippen molar-refractivity contribution in [3.8, 4) is 0 Å². The van der Waals surface area contributed by atoms with E-state index < -0.39 is 0 Å². The molecule has 2 nitrogen and oxygen atoms in total. The third-order valence-electron chi connectivity index (χ3n) is 2.68. The highest BCUT2D eigenvalue weighted by Crippen LogP contribution is 2.23. The van der Waals surface area contributed by atoms with Crippen LogP contribution >= 0.6 is 0 Å². The Balaban J connectivity index is 2.79. The maximum atomic E-state index is 4.34. The van der Waals surface area contributed by atoms with Crippen molar-refractivity contribution in [1.29, 1.82) is 0 Å². The molecule has 0 aromatic carbocycles. The van der Waals surface area contributed by atoms with Crippen LogP contribution in [0.1, 0.15) is 52.1 Å². The largest absolute Gasteiger partial charge is 0.270 e. The van der Waals surface area contributed by atoms with Crippen LogP contribution in [0.5, 0.6) is 0 Å². The van der Waals surface area contributed by atoms with E-state index in [2.05, 4.69) is 45.9 Å². The fourth-order valence-corrected chi connectivity index (χ4v) is 1.26.